The quantitative estimate of drug-likeness (QED) is 0.915. The number of hydrogen-bond donors (Lipinski definition) is 1. The number of benzene rings is 1. The largest absolute Gasteiger partial charge is 0.507 e. The zero-order valence-corrected chi connectivity index (χ0v) is 13.7. The van der Waals surface area contributed by atoms with E-state index in [0.29, 0.717) is 18.0 Å². The third-order valence-electron chi connectivity index (χ3n) is 4.49. The number of piperazine rings is 1. The van der Waals surface area contributed by atoms with Gasteiger partial charge in [0.25, 0.3) is 0 Å². The molecule has 0 radical (unpaired) electrons. The number of phenols is 1. The molecule has 128 valence electrons. The monoisotopic (exact) mass is 331 g/mol. The molecule has 2 aliphatic rings. The molecule has 0 atom stereocenters. The molecule has 0 unspecified atom stereocenters. The summed E-state index contributed by atoms with van der Waals surface area (Å²) >= 11 is 0. The van der Waals surface area contributed by atoms with Gasteiger partial charge in [0.1, 0.15) is 5.75 Å². The molecule has 1 aromatic heterocycles. The van der Waals surface area contributed by atoms with Crippen molar-refractivity contribution in [1.29, 1.82) is 0 Å². The van der Waals surface area contributed by atoms with Crippen molar-refractivity contribution in [3.8, 4) is 17.2 Å². The minimum atomic E-state index is 0.220. The van der Waals surface area contributed by atoms with E-state index in [-0.39, 0.29) is 12.5 Å². The van der Waals surface area contributed by atoms with Gasteiger partial charge in [0.05, 0.1) is 12.2 Å². The lowest BCUT2D eigenvalue weighted by atomic mass is 10.1. The maximum atomic E-state index is 10.2. The summed E-state index contributed by atoms with van der Waals surface area (Å²) in [6.07, 6.45) is 0. The Kier molecular flexibility index (Phi) is 4.03. The number of rotatable bonds is 4. The van der Waals surface area contributed by atoms with E-state index in [0.717, 1.165) is 49.7 Å². The molecule has 0 amide bonds. The second kappa shape index (κ2) is 6.33. The highest BCUT2D eigenvalue weighted by Gasteiger charge is 2.22. The molecule has 3 heterocycles. The zero-order valence-electron chi connectivity index (χ0n) is 13.7. The van der Waals surface area contributed by atoms with E-state index < -0.39 is 0 Å². The third kappa shape index (κ3) is 3.18. The normalized spacial score (nSPS) is 18.2. The molecule has 24 heavy (non-hydrogen) atoms. The van der Waals surface area contributed by atoms with Crippen LogP contribution >= 0.6 is 0 Å². The van der Waals surface area contributed by atoms with Crippen LogP contribution in [0.1, 0.15) is 17.0 Å². The van der Waals surface area contributed by atoms with E-state index in [1.165, 1.54) is 0 Å². The smallest absolute Gasteiger partial charge is 0.231 e. The fourth-order valence-corrected chi connectivity index (χ4v) is 3.16. The number of fused-ring (bicyclic) bond motifs is 1. The number of phenolic OH excluding ortho intramolecular Hbond substituents is 1. The van der Waals surface area contributed by atoms with Gasteiger partial charge < -0.3 is 19.1 Å². The number of aromatic nitrogens is 1. The molecule has 7 nitrogen and oxygen atoms in total. The van der Waals surface area contributed by atoms with Crippen molar-refractivity contribution in [2.24, 2.45) is 0 Å². The van der Waals surface area contributed by atoms with Crippen LogP contribution < -0.4 is 9.47 Å². The molecular weight excluding hydrogens is 310 g/mol. The molecule has 0 aliphatic carbocycles. The molecule has 4 rings (SSSR count). The van der Waals surface area contributed by atoms with Crippen molar-refractivity contribution in [2.45, 2.75) is 20.0 Å². The Bertz CT molecular complexity index is 723. The molecule has 1 aromatic carbocycles. The highest BCUT2D eigenvalue weighted by molar-refractivity contribution is 5.51. The van der Waals surface area contributed by atoms with E-state index in [4.69, 9.17) is 14.0 Å². The minimum absolute atomic E-state index is 0.220. The average molecular weight is 331 g/mol. The molecule has 2 aromatic rings. The van der Waals surface area contributed by atoms with Crippen LogP contribution in [0.15, 0.2) is 22.7 Å². The molecule has 0 spiro atoms. The Morgan fingerprint density at radius 1 is 1.00 bits per heavy atom. The van der Waals surface area contributed by atoms with E-state index in [9.17, 15) is 5.11 Å². The number of hydrogen-bond acceptors (Lipinski definition) is 7. The van der Waals surface area contributed by atoms with Crippen molar-refractivity contribution in [2.75, 3.05) is 33.0 Å². The van der Waals surface area contributed by atoms with Crippen LogP contribution in [-0.2, 0) is 13.1 Å². The summed E-state index contributed by atoms with van der Waals surface area (Å²) in [4.78, 5) is 4.69. The van der Waals surface area contributed by atoms with E-state index >= 15 is 0 Å². The van der Waals surface area contributed by atoms with Crippen LogP contribution in [0.25, 0.3) is 0 Å². The third-order valence-corrected chi connectivity index (χ3v) is 4.49. The fourth-order valence-electron chi connectivity index (χ4n) is 3.16. The second-order valence-electron chi connectivity index (χ2n) is 6.32. The van der Waals surface area contributed by atoms with E-state index in [2.05, 4.69) is 15.0 Å². The summed E-state index contributed by atoms with van der Waals surface area (Å²) in [6.45, 7) is 7.47. The highest BCUT2D eigenvalue weighted by atomic mass is 16.7. The van der Waals surface area contributed by atoms with Gasteiger partial charge in [-0.3, -0.25) is 9.80 Å². The standard InChI is InChI=1S/C17H21N3O4/c1-12-6-14(24-18-12)10-20-4-2-19(3-5-20)9-13-7-16-17(8-15(13)21)23-11-22-16/h6-8,21H,2-5,9-11H2,1H3. The molecule has 0 bridgehead atoms. The molecule has 1 saturated heterocycles. The van der Waals surface area contributed by atoms with Crippen molar-refractivity contribution in [3.05, 3.63) is 35.2 Å². The maximum absolute atomic E-state index is 10.2. The van der Waals surface area contributed by atoms with Gasteiger partial charge in [-0.25, -0.2) is 0 Å². The maximum Gasteiger partial charge on any atom is 0.231 e. The van der Waals surface area contributed by atoms with Crippen LogP contribution in [0, 0.1) is 6.92 Å². The van der Waals surface area contributed by atoms with Crippen LogP contribution in [0.3, 0.4) is 0 Å². The summed E-state index contributed by atoms with van der Waals surface area (Å²) in [5, 5.41) is 14.1. The van der Waals surface area contributed by atoms with Gasteiger partial charge in [0.15, 0.2) is 17.3 Å². The fraction of sp³-hybridized carbons (Fsp3) is 0.471. The SMILES string of the molecule is Cc1cc(CN2CCN(Cc3cc4c(cc3O)OCO4)CC2)on1. The Morgan fingerprint density at radius 3 is 2.33 bits per heavy atom. The number of nitrogens with zero attached hydrogens (tertiary/aromatic N) is 3. The molecule has 7 heteroatoms. The zero-order chi connectivity index (χ0) is 16.5. The Labute approximate surface area is 140 Å². The predicted molar refractivity (Wildman–Crippen MR) is 86.0 cm³/mol. The van der Waals surface area contributed by atoms with Gasteiger partial charge in [-0.2, -0.15) is 0 Å². The summed E-state index contributed by atoms with van der Waals surface area (Å²) in [7, 11) is 0. The first kappa shape index (κ1) is 15.3. The number of ether oxygens (including phenoxy) is 2. The highest BCUT2D eigenvalue weighted by Crippen LogP contribution is 2.38. The van der Waals surface area contributed by atoms with Crippen LogP contribution in [-0.4, -0.2) is 53.0 Å². The van der Waals surface area contributed by atoms with E-state index in [1.807, 2.05) is 19.1 Å². The molecule has 2 aliphatic heterocycles. The Hall–Kier alpha value is -2.25. The first-order chi connectivity index (χ1) is 11.7. The first-order valence-corrected chi connectivity index (χ1v) is 8.16. The summed E-state index contributed by atoms with van der Waals surface area (Å²) in [5.41, 5.74) is 1.79. The number of aryl methyl sites for hydroxylation is 1. The first-order valence-electron chi connectivity index (χ1n) is 8.16. The lowest BCUT2D eigenvalue weighted by Crippen LogP contribution is -2.45. The van der Waals surface area contributed by atoms with Gasteiger partial charge in [-0.05, 0) is 13.0 Å². The van der Waals surface area contributed by atoms with Gasteiger partial charge in [0.2, 0.25) is 6.79 Å². The van der Waals surface area contributed by atoms with Crippen molar-refractivity contribution < 1.29 is 19.1 Å². The van der Waals surface area contributed by atoms with E-state index in [1.54, 1.807) is 6.07 Å². The predicted octanol–water partition coefficient (Wildman–Crippen LogP) is 1.74. The lowest BCUT2D eigenvalue weighted by Gasteiger charge is -2.34. The molecule has 0 saturated carbocycles. The minimum Gasteiger partial charge on any atom is -0.507 e. The van der Waals surface area contributed by atoms with Crippen LogP contribution in [0.2, 0.25) is 0 Å². The van der Waals surface area contributed by atoms with Crippen LogP contribution in [0.5, 0.6) is 17.2 Å². The summed E-state index contributed by atoms with van der Waals surface area (Å²) < 4.78 is 16.0. The van der Waals surface area contributed by atoms with Crippen molar-refractivity contribution >= 4 is 0 Å². The van der Waals surface area contributed by atoms with Gasteiger partial charge in [-0.1, -0.05) is 5.16 Å². The average Bonchev–Trinajstić information content (AvgIpc) is 3.18. The summed E-state index contributed by atoms with van der Waals surface area (Å²) in [6, 6.07) is 5.50. The lowest BCUT2D eigenvalue weighted by molar-refractivity contribution is 0.113. The Balaban J connectivity index is 1.33. The van der Waals surface area contributed by atoms with Crippen molar-refractivity contribution in [3.63, 3.8) is 0 Å². The van der Waals surface area contributed by atoms with Crippen LogP contribution in [0.4, 0.5) is 0 Å². The van der Waals surface area contributed by atoms with Crippen molar-refractivity contribution in [1.82, 2.24) is 15.0 Å². The summed E-state index contributed by atoms with van der Waals surface area (Å²) in [5.74, 6) is 2.50. The second-order valence-corrected chi connectivity index (χ2v) is 6.32. The number of aromatic hydroxyl groups is 1. The molecule has 1 fully saturated rings. The molecular formula is C17H21N3O4. The topological polar surface area (TPSA) is 71.2 Å². The van der Waals surface area contributed by atoms with Gasteiger partial charge >= 0.3 is 0 Å². The van der Waals surface area contributed by atoms with Gasteiger partial charge in [-0.15, -0.1) is 0 Å². The Morgan fingerprint density at radius 2 is 1.67 bits per heavy atom. The van der Waals surface area contributed by atoms with Gasteiger partial charge in [0, 0.05) is 50.4 Å². The molecule has 1 N–H and O–H groups in total.